The zero-order chi connectivity index (χ0) is 32.6. The van der Waals surface area contributed by atoms with Crippen LogP contribution >= 0.6 is 0 Å². The Bertz CT molecular complexity index is 1330. The topological polar surface area (TPSA) is 169 Å². The molecule has 236 valence electrons. The van der Waals surface area contributed by atoms with E-state index in [4.69, 9.17) is 9.47 Å². The zero-order valence-electron chi connectivity index (χ0n) is 25.9. The number of anilines is 2. The standard InChI is InChI=1S/C32H40N4O8/c1-17(2)13-23(31(41)43-5)33-15-25(37)35-21-11-7-9-19-27(21)30(40)28-20(29(19)39)10-8-12-22(28)36-26(38)16-34-24(14-18(3)4)32(42)44-6/h7-12,17-18,23-24,33-34H,13-16H2,1-6H3,(H,35,37)(H,36,38)/t23-,24+. The molecule has 0 saturated carbocycles. The van der Waals surface area contributed by atoms with Crippen LogP contribution in [0.15, 0.2) is 36.4 Å². The van der Waals surface area contributed by atoms with E-state index in [1.165, 1.54) is 38.5 Å². The molecule has 0 aromatic heterocycles. The highest BCUT2D eigenvalue weighted by Gasteiger charge is 2.34. The Labute approximate surface area is 256 Å². The van der Waals surface area contributed by atoms with Gasteiger partial charge in [-0.1, -0.05) is 52.0 Å². The number of hydrogen-bond donors (Lipinski definition) is 4. The number of ether oxygens (including phenoxy) is 2. The number of methoxy groups -OCH3 is 2. The van der Waals surface area contributed by atoms with E-state index in [-0.39, 0.29) is 58.6 Å². The van der Waals surface area contributed by atoms with Crippen LogP contribution in [0.3, 0.4) is 0 Å². The van der Waals surface area contributed by atoms with E-state index in [9.17, 15) is 28.8 Å². The minimum absolute atomic E-state index is 0.00689. The Kier molecular flexibility index (Phi) is 11.9. The summed E-state index contributed by atoms with van der Waals surface area (Å²) < 4.78 is 9.65. The second kappa shape index (κ2) is 15.3. The van der Waals surface area contributed by atoms with E-state index >= 15 is 0 Å². The minimum Gasteiger partial charge on any atom is -0.468 e. The fourth-order valence-electron chi connectivity index (χ4n) is 5.02. The minimum atomic E-state index is -0.695. The van der Waals surface area contributed by atoms with Crippen LogP contribution in [0, 0.1) is 11.8 Å². The third-order valence-electron chi connectivity index (χ3n) is 7.02. The highest BCUT2D eigenvalue weighted by atomic mass is 16.5. The highest BCUT2D eigenvalue weighted by molar-refractivity contribution is 6.32. The molecule has 4 N–H and O–H groups in total. The van der Waals surface area contributed by atoms with Gasteiger partial charge in [-0.15, -0.1) is 0 Å². The number of nitrogens with one attached hydrogen (secondary N) is 4. The number of hydrogen-bond acceptors (Lipinski definition) is 10. The quantitative estimate of drug-likeness (QED) is 0.200. The number of ketones is 2. The molecule has 0 bridgehead atoms. The molecule has 0 aliphatic heterocycles. The molecule has 2 atom stereocenters. The predicted molar refractivity (Wildman–Crippen MR) is 164 cm³/mol. The molecule has 3 rings (SSSR count). The average Bonchev–Trinajstić information content (AvgIpc) is 2.98. The van der Waals surface area contributed by atoms with Crippen molar-refractivity contribution in [2.24, 2.45) is 11.8 Å². The van der Waals surface area contributed by atoms with Crippen LogP contribution in [-0.2, 0) is 28.7 Å². The van der Waals surface area contributed by atoms with Crippen molar-refractivity contribution in [2.45, 2.75) is 52.6 Å². The Morgan fingerprint density at radius 3 is 1.36 bits per heavy atom. The Balaban J connectivity index is 1.81. The number of carbonyl (C=O) groups excluding carboxylic acids is 6. The van der Waals surface area contributed by atoms with Crippen molar-refractivity contribution in [3.05, 3.63) is 58.7 Å². The fourth-order valence-corrected chi connectivity index (χ4v) is 5.02. The Morgan fingerprint density at radius 2 is 1.02 bits per heavy atom. The van der Waals surface area contributed by atoms with Gasteiger partial charge in [0.1, 0.15) is 12.1 Å². The summed E-state index contributed by atoms with van der Waals surface area (Å²) in [7, 11) is 2.54. The van der Waals surface area contributed by atoms with E-state index in [2.05, 4.69) is 21.3 Å². The molecule has 0 unspecified atom stereocenters. The van der Waals surface area contributed by atoms with Gasteiger partial charge in [-0.3, -0.25) is 39.4 Å². The first kappa shape index (κ1) is 34.1. The lowest BCUT2D eigenvalue weighted by Crippen LogP contribution is -2.43. The molecule has 0 radical (unpaired) electrons. The van der Waals surface area contributed by atoms with Crippen LogP contribution in [0.5, 0.6) is 0 Å². The molecule has 12 nitrogen and oxygen atoms in total. The average molecular weight is 609 g/mol. The third kappa shape index (κ3) is 8.35. The molecule has 2 amide bonds. The monoisotopic (exact) mass is 608 g/mol. The summed E-state index contributed by atoms with van der Waals surface area (Å²) in [6, 6.07) is 7.73. The lowest BCUT2D eigenvalue weighted by atomic mass is 9.82. The van der Waals surface area contributed by atoms with Crippen molar-refractivity contribution in [2.75, 3.05) is 37.9 Å². The second-order valence-corrected chi connectivity index (χ2v) is 11.4. The normalized spacial score (nSPS) is 13.5. The summed E-state index contributed by atoms with van der Waals surface area (Å²) in [4.78, 5) is 77.4. The molecule has 44 heavy (non-hydrogen) atoms. The number of carbonyl (C=O) groups is 6. The third-order valence-corrected chi connectivity index (χ3v) is 7.02. The van der Waals surface area contributed by atoms with Crippen molar-refractivity contribution in [1.82, 2.24) is 10.6 Å². The highest BCUT2D eigenvalue weighted by Crippen LogP contribution is 2.35. The van der Waals surface area contributed by atoms with Crippen molar-refractivity contribution < 1.29 is 38.2 Å². The number of rotatable bonds is 14. The van der Waals surface area contributed by atoms with Gasteiger partial charge in [-0.2, -0.15) is 0 Å². The van der Waals surface area contributed by atoms with Crippen LogP contribution in [0.2, 0.25) is 0 Å². The van der Waals surface area contributed by atoms with Gasteiger partial charge < -0.3 is 20.1 Å². The maximum atomic E-state index is 13.9. The van der Waals surface area contributed by atoms with Gasteiger partial charge in [0.05, 0.1) is 49.8 Å². The molecule has 12 heteroatoms. The maximum Gasteiger partial charge on any atom is 0.322 e. The van der Waals surface area contributed by atoms with Crippen molar-refractivity contribution in [3.8, 4) is 0 Å². The number of amides is 2. The van der Waals surface area contributed by atoms with Crippen LogP contribution in [-0.4, -0.2) is 74.7 Å². The van der Waals surface area contributed by atoms with Gasteiger partial charge in [0.25, 0.3) is 0 Å². The molecule has 2 aromatic rings. The van der Waals surface area contributed by atoms with Gasteiger partial charge in [0.15, 0.2) is 11.6 Å². The first-order valence-corrected chi connectivity index (χ1v) is 14.4. The van der Waals surface area contributed by atoms with Gasteiger partial charge >= 0.3 is 11.9 Å². The predicted octanol–water partition coefficient (Wildman–Crippen LogP) is 2.69. The van der Waals surface area contributed by atoms with E-state index in [0.717, 1.165) is 0 Å². The van der Waals surface area contributed by atoms with Gasteiger partial charge in [0, 0.05) is 11.1 Å². The van der Waals surface area contributed by atoms with Crippen LogP contribution in [0.1, 0.15) is 72.4 Å². The van der Waals surface area contributed by atoms with Crippen LogP contribution in [0.25, 0.3) is 0 Å². The van der Waals surface area contributed by atoms with E-state index < -0.39 is 47.4 Å². The molecular formula is C32H40N4O8. The summed E-state index contributed by atoms with van der Waals surface area (Å²) >= 11 is 0. The lowest BCUT2D eigenvalue weighted by Gasteiger charge is -2.23. The fraction of sp³-hybridized carbons (Fsp3) is 0.438. The van der Waals surface area contributed by atoms with E-state index in [1.54, 1.807) is 12.1 Å². The Morgan fingerprint density at radius 1 is 0.636 bits per heavy atom. The number of fused-ring (bicyclic) bond motifs is 2. The number of esters is 2. The summed E-state index contributed by atoms with van der Waals surface area (Å²) in [6.07, 6.45) is 0.908. The van der Waals surface area contributed by atoms with Crippen LogP contribution < -0.4 is 21.3 Å². The lowest BCUT2D eigenvalue weighted by molar-refractivity contribution is -0.144. The molecule has 2 aromatic carbocycles. The molecule has 0 heterocycles. The van der Waals surface area contributed by atoms with E-state index in [0.29, 0.717) is 12.8 Å². The molecular weight excluding hydrogens is 568 g/mol. The molecule has 0 fully saturated rings. The summed E-state index contributed by atoms with van der Waals surface area (Å²) in [6.45, 7) is 7.27. The molecule has 1 aliphatic rings. The SMILES string of the molecule is COC(=O)[C@H](CC(C)C)NCC(=O)Nc1cccc2c1C(=O)c1c(NC(=O)CN[C@H](CC(C)C)C(=O)OC)cccc1C2=O. The zero-order valence-corrected chi connectivity index (χ0v) is 25.9. The maximum absolute atomic E-state index is 13.9. The first-order chi connectivity index (χ1) is 20.9. The van der Waals surface area contributed by atoms with E-state index in [1.807, 2.05) is 27.7 Å². The molecule has 1 aliphatic carbocycles. The Hall–Kier alpha value is -4.42. The van der Waals surface area contributed by atoms with Gasteiger partial charge in [-0.25, -0.2) is 0 Å². The largest absolute Gasteiger partial charge is 0.468 e. The van der Waals surface area contributed by atoms with Crippen molar-refractivity contribution in [1.29, 1.82) is 0 Å². The summed E-state index contributed by atoms with van der Waals surface area (Å²) in [5, 5.41) is 11.1. The first-order valence-electron chi connectivity index (χ1n) is 14.4. The second-order valence-electron chi connectivity index (χ2n) is 11.4. The smallest absolute Gasteiger partial charge is 0.322 e. The van der Waals surface area contributed by atoms with Gasteiger partial charge in [0.2, 0.25) is 11.8 Å². The van der Waals surface area contributed by atoms with Crippen LogP contribution in [0.4, 0.5) is 11.4 Å². The summed E-state index contributed by atoms with van der Waals surface area (Å²) in [5.41, 5.74) is 0.448. The molecule has 0 saturated heterocycles. The van der Waals surface area contributed by atoms with Crippen molar-refractivity contribution in [3.63, 3.8) is 0 Å². The number of benzene rings is 2. The summed E-state index contributed by atoms with van der Waals surface area (Å²) in [5.74, 6) is -2.71. The molecule has 0 spiro atoms. The van der Waals surface area contributed by atoms with Crippen molar-refractivity contribution >= 4 is 46.7 Å². The van der Waals surface area contributed by atoms with Gasteiger partial charge in [-0.05, 0) is 36.8 Å².